The number of hydrogen-bond donors (Lipinski definition) is 1. The second-order valence-electron chi connectivity index (χ2n) is 6.05. The first-order chi connectivity index (χ1) is 15.6. The minimum absolute atomic E-state index is 0.0547. The number of hydrogen-bond acceptors (Lipinski definition) is 5. The van der Waals surface area contributed by atoms with Crippen LogP contribution in [0, 0.1) is 5.82 Å². The van der Waals surface area contributed by atoms with E-state index >= 15 is 0 Å². The third-order valence-corrected chi connectivity index (χ3v) is 4.52. The number of aromatic nitrogens is 1. The lowest BCUT2D eigenvalue weighted by Crippen LogP contribution is -2.15. The third-order valence-electron chi connectivity index (χ3n) is 4.26. The van der Waals surface area contributed by atoms with Gasteiger partial charge in [-0.2, -0.15) is 0 Å². The van der Waals surface area contributed by atoms with E-state index in [-0.39, 0.29) is 12.1 Å². The summed E-state index contributed by atoms with van der Waals surface area (Å²) in [7, 11) is 0.812. The molecule has 32 heavy (non-hydrogen) atoms. The van der Waals surface area contributed by atoms with Crippen LogP contribution in [-0.4, -0.2) is 23.2 Å². The summed E-state index contributed by atoms with van der Waals surface area (Å²) in [5.74, 6) is 0.400. The number of halogens is 1. The van der Waals surface area contributed by atoms with Gasteiger partial charge in [-0.3, -0.25) is 4.79 Å². The molecule has 0 fully saturated rings. The van der Waals surface area contributed by atoms with Gasteiger partial charge in [-0.25, -0.2) is 4.39 Å². The summed E-state index contributed by atoms with van der Waals surface area (Å²) in [6, 6.07) is 9.65. The number of rotatable bonds is 8. The van der Waals surface area contributed by atoms with Gasteiger partial charge in [0.2, 0.25) is 0 Å². The van der Waals surface area contributed by atoms with E-state index in [9.17, 15) is 9.18 Å². The van der Waals surface area contributed by atoms with Crippen molar-refractivity contribution in [3.63, 3.8) is 0 Å². The predicted molar refractivity (Wildman–Crippen MR) is 130 cm³/mol. The van der Waals surface area contributed by atoms with E-state index in [4.69, 9.17) is 18.9 Å². The zero-order valence-corrected chi connectivity index (χ0v) is 20.6. The molecule has 0 aliphatic rings. The highest BCUT2D eigenvalue weighted by molar-refractivity contribution is 7.24. The molecule has 3 rings (SSSR count). The van der Waals surface area contributed by atoms with Gasteiger partial charge >= 0.3 is 0 Å². The highest BCUT2D eigenvalue weighted by Gasteiger charge is 2.18. The number of methoxy groups -OCH3 is 1. The van der Waals surface area contributed by atoms with E-state index in [1.165, 1.54) is 12.1 Å². The predicted octanol–water partition coefficient (Wildman–Crippen LogP) is 6.13. The molecular formula is C24H33FNO5P. The number of benzene rings is 2. The van der Waals surface area contributed by atoms with Crippen LogP contribution < -0.4 is 14.9 Å². The lowest BCUT2D eigenvalue weighted by atomic mass is 10.0. The van der Waals surface area contributed by atoms with Crippen LogP contribution in [0.1, 0.15) is 41.0 Å². The van der Waals surface area contributed by atoms with Crippen LogP contribution in [0.2, 0.25) is 0 Å². The molecule has 1 unspecified atom stereocenters. The smallest absolute Gasteiger partial charge is 0.200 e. The van der Waals surface area contributed by atoms with E-state index < -0.39 is 20.3 Å². The van der Waals surface area contributed by atoms with Crippen LogP contribution in [0.15, 0.2) is 47.4 Å². The Kier molecular flexibility index (Phi) is 12.5. The molecule has 0 saturated heterocycles. The van der Waals surface area contributed by atoms with Crippen molar-refractivity contribution in [1.82, 2.24) is 4.57 Å². The van der Waals surface area contributed by atoms with Gasteiger partial charge in [-0.15, -0.1) is 0 Å². The topological polar surface area (TPSA) is 69.9 Å². The molecule has 8 heteroatoms. The Morgan fingerprint density at radius 2 is 1.72 bits per heavy atom. The van der Waals surface area contributed by atoms with Crippen LogP contribution in [0.3, 0.4) is 0 Å². The average molecular weight is 466 g/mol. The van der Waals surface area contributed by atoms with Gasteiger partial charge in [-0.1, -0.05) is 46.8 Å². The van der Waals surface area contributed by atoms with Crippen molar-refractivity contribution in [1.29, 1.82) is 0 Å². The van der Waals surface area contributed by atoms with Gasteiger partial charge in [0.25, 0.3) is 0 Å². The van der Waals surface area contributed by atoms with Crippen LogP contribution in [-0.2, 0) is 11.3 Å². The minimum atomic E-state index is -0.742. The van der Waals surface area contributed by atoms with E-state index in [2.05, 4.69) is 0 Å². The molecule has 0 amide bonds. The maximum atomic E-state index is 14.7. The Morgan fingerprint density at radius 3 is 2.28 bits per heavy atom. The molecule has 1 heterocycles. The first kappa shape index (κ1) is 27.6. The Bertz CT molecular complexity index is 1020. The molecule has 0 radical (unpaired) electrons. The maximum absolute atomic E-state index is 14.7. The molecule has 0 saturated carbocycles. The molecule has 0 aliphatic carbocycles. The van der Waals surface area contributed by atoms with E-state index in [1.54, 1.807) is 42.1 Å². The van der Waals surface area contributed by atoms with Gasteiger partial charge in [0.1, 0.15) is 24.0 Å². The van der Waals surface area contributed by atoms with E-state index in [0.29, 0.717) is 34.7 Å². The van der Waals surface area contributed by atoms with Gasteiger partial charge in [0.05, 0.1) is 24.6 Å². The molecule has 3 aromatic rings. The molecule has 2 aromatic carbocycles. The van der Waals surface area contributed by atoms with Crippen molar-refractivity contribution in [3.8, 4) is 22.6 Å². The summed E-state index contributed by atoms with van der Waals surface area (Å²) >= 11 is 0. The fourth-order valence-corrected chi connectivity index (χ4v) is 3.16. The Morgan fingerprint density at radius 1 is 1.06 bits per heavy atom. The van der Waals surface area contributed by atoms with Crippen molar-refractivity contribution in [2.75, 3.05) is 13.7 Å². The first-order valence-corrected chi connectivity index (χ1v) is 11.6. The van der Waals surface area contributed by atoms with E-state index in [0.717, 1.165) is 6.42 Å². The zero-order chi connectivity index (χ0) is 24.1. The van der Waals surface area contributed by atoms with Crippen molar-refractivity contribution >= 4 is 19.9 Å². The standard InChI is InChI=1S/C20H21FNO5P.2C2H6/c1-3-10-26-17-9-8-16(21)18-19(17)22(12-27-28-24)11-15(20(18)23)13-4-6-14(25-2)7-5-13;2*1-2/h4-9,11,24,28H,3,10,12H2,1-2H3;2*1-2H3. The molecule has 1 atom stereocenters. The van der Waals surface area contributed by atoms with Gasteiger partial charge in [0, 0.05) is 11.8 Å². The minimum Gasteiger partial charge on any atom is -0.497 e. The second kappa shape index (κ2) is 14.6. The lowest BCUT2D eigenvalue weighted by Gasteiger charge is -2.17. The molecular weight excluding hydrogens is 432 g/mol. The highest BCUT2D eigenvalue weighted by atomic mass is 31.1. The quantitative estimate of drug-likeness (QED) is 0.405. The molecule has 1 aromatic heterocycles. The lowest BCUT2D eigenvalue weighted by molar-refractivity contribution is 0.249. The third kappa shape index (κ3) is 6.52. The van der Waals surface area contributed by atoms with Crippen LogP contribution in [0.25, 0.3) is 22.0 Å². The SMILES string of the molecule is CC.CC.CCCOc1ccc(F)c2c(=O)c(-c3ccc(OC)cc3)cn(COPO)c12. The fraction of sp³-hybridized carbons (Fsp3) is 0.375. The van der Waals surface area contributed by atoms with Crippen LogP contribution in [0.4, 0.5) is 4.39 Å². The number of pyridine rings is 1. The summed E-state index contributed by atoms with van der Waals surface area (Å²) in [4.78, 5) is 22.2. The van der Waals surface area contributed by atoms with Gasteiger partial charge in [0.15, 0.2) is 14.5 Å². The second-order valence-corrected chi connectivity index (χ2v) is 6.52. The number of ether oxygens (including phenoxy) is 2. The summed E-state index contributed by atoms with van der Waals surface area (Å²) in [6.45, 7) is 10.3. The number of nitrogens with zero attached hydrogens (tertiary/aromatic N) is 1. The number of fused-ring (bicyclic) bond motifs is 1. The Balaban J connectivity index is 0.00000121. The fourth-order valence-electron chi connectivity index (χ4n) is 2.97. The van der Waals surface area contributed by atoms with Crippen molar-refractivity contribution in [2.24, 2.45) is 0 Å². The molecule has 0 spiro atoms. The Hall–Kier alpha value is -2.47. The van der Waals surface area contributed by atoms with Crippen molar-refractivity contribution in [3.05, 3.63) is 58.6 Å². The zero-order valence-electron chi connectivity index (χ0n) is 19.6. The Labute approximate surface area is 190 Å². The summed E-state index contributed by atoms with van der Waals surface area (Å²) < 4.78 is 32.3. The van der Waals surface area contributed by atoms with Crippen LogP contribution >= 0.6 is 9.03 Å². The van der Waals surface area contributed by atoms with Gasteiger partial charge < -0.3 is 23.5 Å². The first-order valence-electron chi connectivity index (χ1n) is 10.7. The summed E-state index contributed by atoms with van der Waals surface area (Å²) in [5, 5.41) is -0.0770. The van der Waals surface area contributed by atoms with Crippen molar-refractivity contribution in [2.45, 2.75) is 47.8 Å². The normalized spacial score (nSPS) is 10.4. The van der Waals surface area contributed by atoms with Crippen molar-refractivity contribution < 1.29 is 23.3 Å². The molecule has 0 aliphatic heterocycles. The maximum Gasteiger partial charge on any atom is 0.200 e. The summed E-state index contributed by atoms with van der Waals surface area (Å²) in [6.07, 6.45) is 2.35. The van der Waals surface area contributed by atoms with Crippen LogP contribution in [0.5, 0.6) is 11.5 Å². The average Bonchev–Trinajstić information content (AvgIpc) is 2.85. The molecule has 6 nitrogen and oxygen atoms in total. The van der Waals surface area contributed by atoms with Gasteiger partial charge in [-0.05, 0) is 36.2 Å². The summed E-state index contributed by atoms with van der Waals surface area (Å²) in [5.41, 5.74) is 0.787. The molecule has 1 N–H and O–H groups in total. The molecule has 0 bridgehead atoms. The van der Waals surface area contributed by atoms with E-state index in [1.807, 2.05) is 34.6 Å². The monoisotopic (exact) mass is 465 g/mol. The largest absolute Gasteiger partial charge is 0.497 e. The molecule has 176 valence electrons. The highest BCUT2D eigenvalue weighted by Crippen LogP contribution is 2.30.